The SMILES string of the molecule is CCN(CCOC)[C@H]1CC[C@@H](c2cnc3[nH]cc(-c4cnn(C)c4)c3c2)CC1. The van der Waals surface area contributed by atoms with Gasteiger partial charge in [0.15, 0.2) is 0 Å². The number of pyridine rings is 1. The van der Waals surface area contributed by atoms with E-state index in [1.165, 1.54) is 42.2 Å². The van der Waals surface area contributed by atoms with Crippen LogP contribution in [0.1, 0.15) is 44.1 Å². The fraction of sp³-hybridized carbons (Fsp3) is 0.545. The van der Waals surface area contributed by atoms with Gasteiger partial charge in [-0.2, -0.15) is 5.10 Å². The van der Waals surface area contributed by atoms with E-state index in [0.717, 1.165) is 30.9 Å². The number of aromatic nitrogens is 4. The van der Waals surface area contributed by atoms with Crippen molar-refractivity contribution < 1.29 is 4.74 Å². The Labute approximate surface area is 166 Å². The highest BCUT2D eigenvalue weighted by Crippen LogP contribution is 2.37. The molecule has 0 unspecified atom stereocenters. The maximum Gasteiger partial charge on any atom is 0.137 e. The second-order valence-corrected chi connectivity index (χ2v) is 7.90. The summed E-state index contributed by atoms with van der Waals surface area (Å²) in [5.74, 6) is 0.603. The number of likely N-dealkylation sites (N-methyl/N-ethyl adjacent to an activating group) is 1. The Morgan fingerprint density at radius 2 is 2.07 bits per heavy atom. The summed E-state index contributed by atoms with van der Waals surface area (Å²) >= 11 is 0. The maximum absolute atomic E-state index is 5.28. The summed E-state index contributed by atoms with van der Waals surface area (Å²) in [6.07, 6.45) is 13.1. The van der Waals surface area contributed by atoms with Crippen molar-refractivity contribution in [3.05, 3.63) is 36.4 Å². The molecule has 1 saturated carbocycles. The van der Waals surface area contributed by atoms with Crippen molar-refractivity contribution in [2.24, 2.45) is 7.05 Å². The first-order valence-electron chi connectivity index (χ1n) is 10.4. The van der Waals surface area contributed by atoms with Crippen LogP contribution >= 0.6 is 0 Å². The van der Waals surface area contributed by atoms with Gasteiger partial charge < -0.3 is 9.72 Å². The van der Waals surface area contributed by atoms with Gasteiger partial charge in [0, 0.05) is 61.8 Å². The van der Waals surface area contributed by atoms with Crippen molar-refractivity contribution >= 4 is 11.0 Å². The van der Waals surface area contributed by atoms with Gasteiger partial charge in [-0.3, -0.25) is 9.58 Å². The normalized spacial score (nSPS) is 20.3. The molecular weight excluding hydrogens is 350 g/mol. The molecule has 3 aromatic rings. The van der Waals surface area contributed by atoms with Crippen LogP contribution in [-0.4, -0.2) is 57.5 Å². The van der Waals surface area contributed by atoms with Gasteiger partial charge in [-0.05, 0) is 49.8 Å². The Hall–Kier alpha value is -2.18. The molecule has 0 aromatic carbocycles. The molecule has 1 aliphatic rings. The van der Waals surface area contributed by atoms with E-state index in [0.29, 0.717) is 12.0 Å². The number of nitrogens with zero attached hydrogens (tertiary/aromatic N) is 4. The average molecular weight is 382 g/mol. The topological polar surface area (TPSA) is 59.0 Å². The van der Waals surface area contributed by atoms with E-state index in [1.807, 2.05) is 24.1 Å². The van der Waals surface area contributed by atoms with E-state index in [4.69, 9.17) is 9.72 Å². The minimum absolute atomic E-state index is 0.603. The van der Waals surface area contributed by atoms with Crippen LogP contribution in [0, 0.1) is 0 Å². The highest BCUT2D eigenvalue weighted by Gasteiger charge is 2.26. The van der Waals surface area contributed by atoms with Gasteiger partial charge in [-0.1, -0.05) is 6.92 Å². The van der Waals surface area contributed by atoms with Gasteiger partial charge in [0.25, 0.3) is 0 Å². The second kappa shape index (κ2) is 8.45. The summed E-state index contributed by atoms with van der Waals surface area (Å²) in [5.41, 5.74) is 4.64. The predicted molar refractivity (Wildman–Crippen MR) is 112 cm³/mol. The fourth-order valence-electron chi connectivity index (χ4n) is 4.62. The summed E-state index contributed by atoms with van der Waals surface area (Å²) in [7, 11) is 3.74. The van der Waals surface area contributed by atoms with Crippen LogP contribution < -0.4 is 0 Å². The largest absolute Gasteiger partial charge is 0.383 e. The zero-order chi connectivity index (χ0) is 19.5. The first kappa shape index (κ1) is 19.2. The van der Waals surface area contributed by atoms with Gasteiger partial charge in [0.05, 0.1) is 12.8 Å². The molecule has 6 nitrogen and oxygen atoms in total. The van der Waals surface area contributed by atoms with Crippen LogP contribution in [0.2, 0.25) is 0 Å². The molecule has 150 valence electrons. The number of aryl methyl sites for hydroxylation is 1. The van der Waals surface area contributed by atoms with Crippen molar-refractivity contribution in [2.75, 3.05) is 26.8 Å². The third-order valence-electron chi connectivity index (χ3n) is 6.24. The van der Waals surface area contributed by atoms with Crippen LogP contribution in [0.15, 0.2) is 30.9 Å². The first-order chi connectivity index (χ1) is 13.7. The summed E-state index contributed by atoms with van der Waals surface area (Å²) in [5, 5.41) is 5.51. The standard InChI is InChI=1S/C22H31N5O/c1-4-27(9-10-28-3)19-7-5-16(6-8-19)17-11-20-21(14-24-22(20)23-12-17)18-13-25-26(2)15-18/h11-16,19H,4-10H2,1-3H3,(H,23,24)/t16-,19+. The second-order valence-electron chi connectivity index (χ2n) is 7.90. The molecule has 1 N–H and O–H groups in total. The number of nitrogens with one attached hydrogen (secondary N) is 1. The first-order valence-corrected chi connectivity index (χ1v) is 10.4. The highest BCUT2D eigenvalue weighted by molar-refractivity contribution is 5.93. The Morgan fingerprint density at radius 3 is 2.75 bits per heavy atom. The summed E-state index contributed by atoms with van der Waals surface area (Å²) in [4.78, 5) is 10.6. The lowest BCUT2D eigenvalue weighted by Gasteiger charge is -2.36. The molecule has 0 saturated heterocycles. The van der Waals surface area contributed by atoms with Gasteiger partial charge >= 0.3 is 0 Å². The molecule has 4 rings (SSSR count). The quantitative estimate of drug-likeness (QED) is 0.673. The Morgan fingerprint density at radius 1 is 1.25 bits per heavy atom. The van der Waals surface area contributed by atoms with Crippen LogP contribution in [0.25, 0.3) is 22.2 Å². The fourth-order valence-corrected chi connectivity index (χ4v) is 4.62. The number of aromatic amines is 1. The molecular formula is C22H31N5O. The molecule has 0 spiro atoms. The van der Waals surface area contributed by atoms with Crippen molar-refractivity contribution in [1.82, 2.24) is 24.6 Å². The Balaban J connectivity index is 1.49. The summed E-state index contributed by atoms with van der Waals surface area (Å²) < 4.78 is 7.12. The molecule has 0 aliphatic heterocycles. The highest BCUT2D eigenvalue weighted by atomic mass is 16.5. The van der Waals surface area contributed by atoms with E-state index < -0.39 is 0 Å². The maximum atomic E-state index is 5.28. The zero-order valence-corrected chi connectivity index (χ0v) is 17.2. The summed E-state index contributed by atoms with van der Waals surface area (Å²) in [6, 6.07) is 3.03. The molecule has 1 fully saturated rings. The monoisotopic (exact) mass is 381 g/mol. The van der Waals surface area contributed by atoms with E-state index in [2.05, 4.69) is 40.4 Å². The van der Waals surface area contributed by atoms with Gasteiger partial charge in [0.2, 0.25) is 0 Å². The van der Waals surface area contributed by atoms with Crippen molar-refractivity contribution in [3.63, 3.8) is 0 Å². The Bertz CT molecular complexity index is 907. The lowest BCUT2D eigenvalue weighted by atomic mass is 9.81. The van der Waals surface area contributed by atoms with Crippen LogP contribution in [0.4, 0.5) is 0 Å². The Kier molecular flexibility index (Phi) is 5.78. The zero-order valence-electron chi connectivity index (χ0n) is 17.2. The van der Waals surface area contributed by atoms with Gasteiger partial charge in [0.1, 0.15) is 5.65 Å². The molecule has 0 atom stereocenters. The predicted octanol–water partition coefficient (Wildman–Crippen LogP) is 3.96. The van der Waals surface area contributed by atoms with Crippen LogP contribution in [0.5, 0.6) is 0 Å². The molecule has 1 aliphatic carbocycles. The number of hydrogen-bond donors (Lipinski definition) is 1. The lowest BCUT2D eigenvalue weighted by Crippen LogP contribution is -2.39. The number of ether oxygens (including phenoxy) is 1. The number of rotatable bonds is 7. The van der Waals surface area contributed by atoms with E-state index in [-0.39, 0.29) is 0 Å². The van der Waals surface area contributed by atoms with Crippen molar-refractivity contribution in [3.8, 4) is 11.1 Å². The minimum Gasteiger partial charge on any atom is -0.383 e. The van der Waals surface area contributed by atoms with Gasteiger partial charge in [-0.25, -0.2) is 4.98 Å². The van der Waals surface area contributed by atoms with E-state index >= 15 is 0 Å². The molecule has 0 bridgehead atoms. The van der Waals surface area contributed by atoms with Crippen LogP contribution in [-0.2, 0) is 11.8 Å². The molecule has 6 heteroatoms. The van der Waals surface area contributed by atoms with Crippen molar-refractivity contribution in [1.29, 1.82) is 0 Å². The average Bonchev–Trinajstić information content (AvgIpc) is 3.34. The minimum atomic E-state index is 0.603. The molecule has 0 amide bonds. The third-order valence-corrected chi connectivity index (χ3v) is 6.24. The number of hydrogen-bond acceptors (Lipinski definition) is 4. The van der Waals surface area contributed by atoms with Crippen molar-refractivity contribution in [2.45, 2.75) is 44.6 Å². The smallest absolute Gasteiger partial charge is 0.137 e. The molecule has 3 heterocycles. The lowest BCUT2D eigenvalue weighted by molar-refractivity contribution is 0.103. The van der Waals surface area contributed by atoms with Crippen LogP contribution in [0.3, 0.4) is 0 Å². The van der Waals surface area contributed by atoms with E-state index in [1.54, 1.807) is 7.11 Å². The molecule has 3 aromatic heterocycles. The third kappa shape index (κ3) is 3.84. The number of H-pyrrole nitrogens is 1. The number of methoxy groups -OCH3 is 1. The number of fused-ring (bicyclic) bond motifs is 1. The summed E-state index contributed by atoms with van der Waals surface area (Å²) in [6.45, 7) is 5.21. The molecule has 0 radical (unpaired) electrons. The van der Waals surface area contributed by atoms with Gasteiger partial charge in [-0.15, -0.1) is 0 Å². The van der Waals surface area contributed by atoms with E-state index in [9.17, 15) is 0 Å². The molecule has 28 heavy (non-hydrogen) atoms.